The summed E-state index contributed by atoms with van der Waals surface area (Å²) in [4.78, 5) is 0. The Kier molecular flexibility index (Phi) is 3.46. The molecule has 0 saturated carbocycles. The van der Waals surface area contributed by atoms with Gasteiger partial charge in [-0.3, -0.25) is 0 Å². The fourth-order valence-electron chi connectivity index (χ4n) is 3.71. The maximum absolute atomic E-state index is 3.34. The van der Waals surface area contributed by atoms with E-state index < -0.39 is 0 Å². The topological polar surface area (TPSA) is 0 Å². The van der Waals surface area contributed by atoms with Crippen molar-refractivity contribution in [2.24, 2.45) is 0 Å². The maximum Gasteiger partial charge on any atom is -0.00236 e. The van der Waals surface area contributed by atoms with Gasteiger partial charge in [0.15, 0.2) is 0 Å². The van der Waals surface area contributed by atoms with Crippen molar-refractivity contribution >= 4 is 32.3 Å². The van der Waals surface area contributed by atoms with Gasteiger partial charge in [0.1, 0.15) is 0 Å². The van der Waals surface area contributed by atoms with E-state index in [1.54, 1.807) is 0 Å². The van der Waals surface area contributed by atoms with E-state index in [-0.39, 0.29) is 0 Å². The van der Waals surface area contributed by atoms with E-state index in [9.17, 15) is 0 Å². The Morgan fingerprint density at radius 1 is 0.818 bits per heavy atom. The van der Waals surface area contributed by atoms with Gasteiger partial charge in [-0.25, -0.2) is 0 Å². The molecule has 0 amide bonds. The lowest BCUT2D eigenvalue weighted by Gasteiger charge is -2.14. The first kappa shape index (κ1) is 13.6. The summed E-state index contributed by atoms with van der Waals surface area (Å²) in [6, 6.07) is 21.2. The van der Waals surface area contributed by atoms with Crippen LogP contribution in [0.1, 0.15) is 38.2 Å². The summed E-state index contributed by atoms with van der Waals surface area (Å²) in [6.45, 7) is 2.27. The third kappa shape index (κ3) is 2.14. The lowest BCUT2D eigenvalue weighted by Crippen LogP contribution is -1.92. The molecule has 0 aliphatic carbocycles. The lowest BCUT2D eigenvalue weighted by molar-refractivity contribution is 0.668. The first-order chi connectivity index (χ1) is 10.9. The largest absolute Gasteiger partial charge is 0.0654 e. The molecular formula is C22H21. The van der Waals surface area contributed by atoms with Gasteiger partial charge in [-0.2, -0.15) is 0 Å². The molecule has 109 valence electrons. The summed E-state index contributed by atoms with van der Waals surface area (Å²) < 4.78 is 0. The van der Waals surface area contributed by atoms with Gasteiger partial charge in [0.25, 0.3) is 0 Å². The molecule has 0 unspecified atom stereocenters. The van der Waals surface area contributed by atoms with Crippen LogP contribution in [0.25, 0.3) is 32.3 Å². The molecule has 0 heterocycles. The molecule has 0 atom stereocenters. The van der Waals surface area contributed by atoms with Crippen LogP contribution in [0.2, 0.25) is 0 Å². The number of hydrogen-bond donors (Lipinski definition) is 0. The number of unbranched alkanes of at least 4 members (excludes halogenated alkanes) is 3. The Morgan fingerprint density at radius 3 is 2.59 bits per heavy atom. The van der Waals surface area contributed by atoms with Crippen molar-refractivity contribution in [3.8, 4) is 0 Å². The standard InChI is InChI=1S/C22H21/c1-2-3-4-5-8-18-15-19-11-6-9-16-13-14-17-10-7-12-20(18)22(17)21(16)19/h6,9-15H,2-5,8H2,1H3. The van der Waals surface area contributed by atoms with Crippen molar-refractivity contribution in [3.05, 3.63) is 60.2 Å². The Hall–Kier alpha value is -2.08. The highest BCUT2D eigenvalue weighted by Gasteiger charge is 2.11. The molecule has 0 N–H and O–H groups in total. The zero-order valence-corrected chi connectivity index (χ0v) is 13.2. The molecule has 0 saturated heterocycles. The van der Waals surface area contributed by atoms with Crippen molar-refractivity contribution in [2.45, 2.75) is 39.0 Å². The van der Waals surface area contributed by atoms with Crippen LogP contribution in [0.15, 0.2) is 48.5 Å². The van der Waals surface area contributed by atoms with Crippen LogP contribution in [-0.2, 0) is 6.42 Å². The third-order valence-electron chi connectivity index (χ3n) is 4.82. The van der Waals surface area contributed by atoms with Gasteiger partial charge in [-0.05, 0) is 68.9 Å². The van der Waals surface area contributed by atoms with E-state index in [1.807, 2.05) is 0 Å². The molecular weight excluding hydrogens is 264 g/mol. The van der Waals surface area contributed by atoms with Crippen LogP contribution in [-0.4, -0.2) is 0 Å². The highest BCUT2D eigenvalue weighted by atomic mass is 14.1. The first-order valence-electron chi connectivity index (χ1n) is 8.45. The summed E-state index contributed by atoms with van der Waals surface area (Å²) >= 11 is 0. The number of hydrogen-bond acceptors (Lipinski definition) is 0. The fraction of sp³-hybridized carbons (Fsp3) is 0.273. The predicted molar refractivity (Wildman–Crippen MR) is 96.8 cm³/mol. The second kappa shape index (κ2) is 5.61. The SMILES string of the molecule is CCCCCCc1cc2cccc3ccc4c[c]cc1c4c32. The van der Waals surface area contributed by atoms with E-state index in [2.05, 4.69) is 61.5 Å². The molecule has 4 aromatic rings. The average Bonchev–Trinajstić information content (AvgIpc) is 2.57. The Morgan fingerprint density at radius 2 is 1.68 bits per heavy atom. The molecule has 22 heavy (non-hydrogen) atoms. The van der Waals surface area contributed by atoms with E-state index in [0.717, 1.165) is 0 Å². The summed E-state index contributed by atoms with van der Waals surface area (Å²) in [5, 5.41) is 8.29. The minimum atomic E-state index is 1.18. The molecule has 0 aromatic heterocycles. The van der Waals surface area contributed by atoms with Crippen molar-refractivity contribution in [3.63, 3.8) is 0 Å². The first-order valence-corrected chi connectivity index (χ1v) is 8.45. The van der Waals surface area contributed by atoms with Crippen LogP contribution in [0.3, 0.4) is 0 Å². The van der Waals surface area contributed by atoms with E-state index >= 15 is 0 Å². The van der Waals surface area contributed by atoms with E-state index in [0.29, 0.717) is 0 Å². The molecule has 0 heteroatoms. The zero-order valence-electron chi connectivity index (χ0n) is 13.2. The normalized spacial score (nSPS) is 11.9. The van der Waals surface area contributed by atoms with Gasteiger partial charge >= 0.3 is 0 Å². The molecule has 4 aromatic carbocycles. The second-order valence-electron chi connectivity index (χ2n) is 6.32. The molecule has 0 nitrogen and oxygen atoms in total. The summed E-state index contributed by atoms with van der Waals surface area (Å²) in [5.41, 5.74) is 1.49. The van der Waals surface area contributed by atoms with Crippen molar-refractivity contribution < 1.29 is 0 Å². The molecule has 0 fully saturated rings. The van der Waals surface area contributed by atoms with Crippen LogP contribution in [0, 0.1) is 6.07 Å². The van der Waals surface area contributed by atoms with Gasteiger partial charge in [0, 0.05) is 0 Å². The van der Waals surface area contributed by atoms with Crippen molar-refractivity contribution in [1.82, 2.24) is 0 Å². The summed E-state index contributed by atoms with van der Waals surface area (Å²) in [6.07, 6.45) is 6.44. The predicted octanol–water partition coefficient (Wildman–Crippen LogP) is 6.51. The van der Waals surface area contributed by atoms with Crippen LogP contribution in [0.5, 0.6) is 0 Å². The van der Waals surface area contributed by atoms with Crippen molar-refractivity contribution in [2.75, 3.05) is 0 Å². The van der Waals surface area contributed by atoms with E-state index in [1.165, 1.54) is 70.0 Å². The lowest BCUT2D eigenvalue weighted by atomic mass is 9.90. The fourth-order valence-corrected chi connectivity index (χ4v) is 3.71. The Balaban J connectivity index is 1.92. The van der Waals surface area contributed by atoms with Gasteiger partial charge in [0.05, 0.1) is 0 Å². The highest BCUT2D eigenvalue weighted by molar-refractivity contribution is 6.23. The van der Waals surface area contributed by atoms with Gasteiger partial charge in [-0.1, -0.05) is 62.6 Å². The molecule has 0 bridgehead atoms. The smallest absolute Gasteiger partial charge is 0.00236 e. The maximum atomic E-state index is 3.34. The van der Waals surface area contributed by atoms with Crippen LogP contribution in [0.4, 0.5) is 0 Å². The minimum absolute atomic E-state index is 1.18. The molecule has 4 rings (SSSR count). The van der Waals surface area contributed by atoms with Crippen LogP contribution >= 0.6 is 0 Å². The number of aryl methyl sites for hydroxylation is 1. The highest BCUT2D eigenvalue weighted by Crippen LogP contribution is 2.36. The number of rotatable bonds is 5. The van der Waals surface area contributed by atoms with Gasteiger partial charge in [-0.15, -0.1) is 0 Å². The summed E-state index contributed by atoms with van der Waals surface area (Å²) in [7, 11) is 0. The number of benzene rings is 4. The van der Waals surface area contributed by atoms with Crippen molar-refractivity contribution in [1.29, 1.82) is 0 Å². The molecule has 0 aliphatic rings. The molecule has 0 spiro atoms. The second-order valence-corrected chi connectivity index (χ2v) is 6.32. The van der Waals surface area contributed by atoms with E-state index in [4.69, 9.17) is 0 Å². The Labute approximate surface area is 132 Å². The minimum Gasteiger partial charge on any atom is -0.0654 e. The molecule has 0 aliphatic heterocycles. The zero-order chi connectivity index (χ0) is 14.9. The Bertz CT molecular complexity index is 917. The van der Waals surface area contributed by atoms with Gasteiger partial charge < -0.3 is 0 Å². The quantitative estimate of drug-likeness (QED) is 0.290. The van der Waals surface area contributed by atoms with Crippen LogP contribution < -0.4 is 0 Å². The third-order valence-corrected chi connectivity index (χ3v) is 4.82. The van der Waals surface area contributed by atoms with Gasteiger partial charge in [0.2, 0.25) is 0 Å². The summed E-state index contributed by atoms with van der Waals surface area (Å²) in [5.74, 6) is 0. The molecule has 1 radical (unpaired) electrons. The monoisotopic (exact) mass is 285 g/mol. The average molecular weight is 285 g/mol.